The van der Waals surface area contributed by atoms with E-state index in [0.717, 1.165) is 9.87 Å². The molecular weight excluding hydrogens is 483 g/mol. The molecule has 3 rings (SSSR count). The lowest BCUT2D eigenvalue weighted by molar-refractivity contribution is -0.116. The Morgan fingerprint density at radius 3 is 2.36 bits per heavy atom. The van der Waals surface area contributed by atoms with Crippen molar-refractivity contribution in [1.29, 1.82) is 0 Å². The first-order valence-electron chi connectivity index (χ1n) is 10.1. The largest absolute Gasteiger partial charge is 0.325 e. The van der Waals surface area contributed by atoms with Gasteiger partial charge in [0, 0.05) is 22.8 Å². The molecule has 0 aromatic heterocycles. The van der Waals surface area contributed by atoms with E-state index in [-0.39, 0.29) is 27.3 Å². The van der Waals surface area contributed by atoms with Crippen molar-refractivity contribution in [2.75, 3.05) is 18.4 Å². The van der Waals surface area contributed by atoms with Gasteiger partial charge in [0.05, 0.1) is 11.6 Å². The molecule has 0 bridgehead atoms. The highest BCUT2D eigenvalue weighted by molar-refractivity contribution is 7.89. The first-order chi connectivity index (χ1) is 15.7. The van der Waals surface area contributed by atoms with Crippen LogP contribution in [0.2, 0.25) is 10.0 Å². The number of Topliss-reactive ketones (excluding diaryl/α,β-unsaturated/α-hetero) is 1. The number of halogens is 2. The molecule has 0 aliphatic rings. The minimum atomic E-state index is -4.13. The van der Waals surface area contributed by atoms with E-state index in [4.69, 9.17) is 23.2 Å². The summed E-state index contributed by atoms with van der Waals surface area (Å²) in [6.07, 6.45) is 0.394. The topological polar surface area (TPSA) is 83.6 Å². The van der Waals surface area contributed by atoms with Crippen LogP contribution in [0.25, 0.3) is 0 Å². The fourth-order valence-corrected chi connectivity index (χ4v) is 5.31. The van der Waals surface area contributed by atoms with Gasteiger partial charge in [0.25, 0.3) is 0 Å². The SMILES string of the molecule is CC(=O)c1cccc(NC(=O)CN(CCc2ccccc2)S(=O)(=O)c2cc(Cl)ccc2Cl)c1. The maximum Gasteiger partial charge on any atom is 0.245 e. The van der Waals surface area contributed by atoms with Crippen LogP contribution >= 0.6 is 23.2 Å². The van der Waals surface area contributed by atoms with Crippen molar-refractivity contribution in [2.45, 2.75) is 18.2 Å². The highest BCUT2D eigenvalue weighted by Crippen LogP contribution is 2.28. The zero-order chi connectivity index (χ0) is 24.0. The number of sulfonamides is 1. The number of ketones is 1. The van der Waals surface area contributed by atoms with E-state index in [9.17, 15) is 18.0 Å². The van der Waals surface area contributed by atoms with Gasteiger partial charge in [-0.05, 0) is 49.2 Å². The van der Waals surface area contributed by atoms with Crippen molar-refractivity contribution in [2.24, 2.45) is 0 Å². The molecule has 0 radical (unpaired) electrons. The number of anilines is 1. The first kappa shape index (κ1) is 24.9. The van der Waals surface area contributed by atoms with E-state index in [1.165, 1.54) is 31.2 Å². The lowest BCUT2D eigenvalue weighted by Crippen LogP contribution is -2.39. The molecule has 0 saturated carbocycles. The van der Waals surface area contributed by atoms with Crippen LogP contribution < -0.4 is 5.32 Å². The van der Waals surface area contributed by atoms with Gasteiger partial charge in [-0.2, -0.15) is 4.31 Å². The average Bonchev–Trinajstić information content (AvgIpc) is 2.78. The standard InChI is InChI=1S/C24H22Cl2N2O4S/c1-17(29)19-8-5-9-21(14-19)27-24(30)16-28(13-12-18-6-3-2-4-7-18)33(31,32)23-15-20(25)10-11-22(23)26/h2-11,14-15H,12-13,16H2,1H3,(H,27,30). The minimum absolute atomic E-state index is 0.0127. The maximum atomic E-state index is 13.4. The number of nitrogens with zero attached hydrogens (tertiary/aromatic N) is 1. The molecule has 33 heavy (non-hydrogen) atoms. The Morgan fingerprint density at radius 2 is 1.67 bits per heavy atom. The second kappa shape index (κ2) is 10.9. The van der Waals surface area contributed by atoms with Crippen molar-refractivity contribution in [3.63, 3.8) is 0 Å². The number of nitrogens with one attached hydrogen (secondary N) is 1. The summed E-state index contributed by atoms with van der Waals surface area (Å²) >= 11 is 12.2. The van der Waals surface area contributed by atoms with Crippen LogP contribution in [0, 0.1) is 0 Å². The van der Waals surface area contributed by atoms with E-state index >= 15 is 0 Å². The van der Waals surface area contributed by atoms with Crippen molar-refractivity contribution in [3.8, 4) is 0 Å². The maximum absolute atomic E-state index is 13.4. The minimum Gasteiger partial charge on any atom is -0.325 e. The molecule has 0 aliphatic carbocycles. The van der Waals surface area contributed by atoms with Crippen molar-refractivity contribution >= 4 is 50.6 Å². The van der Waals surface area contributed by atoms with Crippen LogP contribution in [-0.2, 0) is 21.2 Å². The summed E-state index contributed by atoms with van der Waals surface area (Å²) < 4.78 is 27.9. The Balaban J connectivity index is 1.86. The van der Waals surface area contributed by atoms with Gasteiger partial charge >= 0.3 is 0 Å². The van der Waals surface area contributed by atoms with Crippen LogP contribution in [0.4, 0.5) is 5.69 Å². The number of benzene rings is 3. The predicted octanol–water partition coefficient (Wildman–Crippen LogP) is 5.07. The number of amides is 1. The monoisotopic (exact) mass is 504 g/mol. The van der Waals surface area contributed by atoms with Crippen molar-refractivity contribution in [1.82, 2.24) is 4.31 Å². The van der Waals surface area contributed by atoms with Gasteiger partial charge in [0.15, 0.2) is 5.78 Å². The van der Waals surface area contributed by atoms with Crippen LogP contribution in [-0.4, -0.2) is 37.5 Å². The molecule has 0 heterocycles. The summed E-state index contributed by atoms with van der Waals surface area (Å²) in [5, 5.41) is 2.89. The van der Waals surface area contributed by atoms with E-state index < -0.39 is 22.5 Å². The highest BCUT2D eigenvalue weighted by Gasteiger charge is 2.29. The van der Waals surface area contributed by atoms with Crippen LogP contribution in [0.15, 0.2) is 77.7 Å². The fourth-order valence-electron chi connectivity index (χ4n) is 3.17. The molecule has 3 aromatic carbocycles. The Bertz CT molecular complexity index is 1260. The van der Waals surface area contributed by atoms with Gasteiger partial charge in [0.2, 0.25) is 15.9 Å². The first-order valence-corrected chi connectivity index (χ1v) is 12.3. The molecule has 0 saturated heterocycles. The number of carbonyl (C=O) groups is 2. The molecule has 3 aromatic rings. The van der Waals surface area contributed by atoms with Gasteiger partial charge in [0.1, 0.15) is 4.90 Å². The third-order valence-electron chi connectivity index (χ3n) is 4.88. The predicted molar refractivity (Wildman–Crippen MR) is 130 cm³/mol. The summed E-state index contributed by atoms with van der Waals surface area (Å²) in [6.45, 7) is 1.03. The quantitative estimate of drug-likeness (QED) is 0.412. The molecule has 172 valence electrons. The van der Waals surface area contributed by atoms with Gasteiger partial charge in [-0.25, -0.2) is 8.42 Å². The summed E-state index contributed by atoms with van der Waals surface area (Å²) in [4.78, 5) is 24.2. The number of hydrogen-bond donors (Lipinski definition) is 1. The van der Waals surface area contributed by atoms with Gasteiger partial charge < -0.3 is 5.32 Å². The van der Waals surface area contributed by atoms with Gasteiger partial charge in [-0.15, -0.1) is 0 Å². The summed E-state index contributed by atoms with van der Waals surface area (Å²) in [5.41, 5.74) is 1.76. The van der Waals surface area contributed by atoms with E-state index in [0.29, 0.717) is 17.7 Å². The molecule has 0 fully saturated rings. The molecule has 6 nitrogen and oxygen atoms in total. The number of rotatable bonds is 9. The summed E-state index contributed by atoms with van der Waals surface area (Å²) in [7, 11) is -4.13. The van der Waals surface area contributed by atoms with Gasteiger partial charge in [-0.3, -0.25) is 9.59 Å². The van der Waals surface area contributed by atoms with Crippen LogP contribution in [0.3, 0.4) is 0 Å². The molecule has 1 amide bonds. The average molecular weight is 505 g/mol. The Morgan fingerprint density at radius 1 is 0.939 bits per heavy atom. The van der Waals surface area contributed by atoms with E-state index in [1.807, 2.05) is 30.3 Å². The third kappa shape index (κ3) is 6.65. The lowest BCUT2D eigenvalue weighted by atomic mass is 10.1. The molecular formula is C24H22Cl2N2O4S. The molecule has 0 atom stereocenters. The third-order valence-corrected chi connectivity index (χ3v) is 7.44. The van der Waals surface area contributed by atoms with Crippen molar-refractivity contribution in [3.05, 3.63) is 94.0 Å². The highest BCUT2D eigenvalue weighted by atomic mass is 35.5. The van der Waals surface area contributed by atoms with Crippen molar-refractivity contribution < 1.29 is 18.0 Å². The van der Waals surface area contributed by atoms with Crippen LogP contribution in [0.1, 0.15) is 22.8 Å². The number of hydrogen-bond acceptors (Lipinski definition) is 4. The van der Waals surface area contributed by atoms with Crippen LogP contribution in [0.5, 0.6) is 0 Å². The lowest BCUT2D eigenvalue weighted by Gasteiger charge is -2.22. The zero-order valence-corrected chi connectivity index (χ0v) is 20.1. The summed E-state index contributed by atoms with van der Waals surface area (Å²) in [6, 6.07) is 19.9. The Hall–Kier alpha value is -2.71. The Labute approximate surface area is 203 Å². The van der Waals surface area contributed by atoms with E-state index in [1.54, 1.807) is 18.2 Å². The second-order valence-corrected chi connectivity index (χ2v) is 10.1. The molecule has 1 N–H and O–H groups in total. The smallest absolute Gasteiger partial charge is 0.245 e. The normalized spacial score (nSPS) is 11.4. The fraction of sp³-hybridized carbons (Fsp3) is 0.167. The number of carbonyl (C=O) groups excluding carboxylic acids is 2. The second-order valence-electron chi connectivity index (χ2n) is 7.33. The Kier molecular flexibility index (Phi) is 8.26. The van der Waals surface area contributed by atoms with Gasteiger partial charge in [-0.1, -0.05) is 65.7 Å². The molecule has 0 aliphatic heterocycles. The molecule has 9 heteroatoms. The molecule has 0 unspecified atom stereocenters. The summed E-state index contributed by atoms with van der Waals surface area (Å²) in [5.74, 6) is -0.695. The zero-order valence-electron chi connectivity index (χ0n) is 17.8. The van der Waals surface area contributed by atoms with E-state index in [2.05, 4.69) is 5.32 Å². The molecule has 0 spiro atoms.